The highest BCUT2D eigenvalue weighted by Gasteiger charge is 2.42. The molecule has 112 valence electrons. The van der Waals surface area contributed by atoms with Crippen LogP contribution in [0.5, 0.6) is 0 Å². The van der Waals surface area contributed by atoms with E-state index in [0.29, 0.717) is 5.92 Å². The van der Waals surface area contributed by atoms with Gasteiger partial charge in [0.15, 0.2) is 0 Å². The van der Waals surface area contributed by atoms with Crippen molar-refractivity contribution in [2.24, 2.45) is 5.92 Å². The summed E-state index contributed by atoms with van der Waals surface area (Å²) in [5.41, 5.74) is -0.483. The molecule has 0 radical (unpaired) electrons. The zero-order valence-corrected chi connectivity index (χ0v) is 13.2. The number of hydrogen-bond acceptors (Lipinski definition) is 3. The van der Waals surface area contributed by atoms with Crippen molar-refractivity contribution in [1.82, 2.24) is 10.6 Å². The van der Waals surface area contributed by atoms with Crippen LogP contribution in [-0.2, 0) is 6.42 Å². The molecule has 0 saturated heterocycles. The molecule has 1 fully saturated rings. The third-order valence-corrected chi connectivity index (χ3v) is 4.91. The van der Waals surface area contributed by atoms with E-state index in [9.17, 15) is 9.90 Å². The molecule has 5 heteroatoms. The topological polar surface area (TPSA) is 61.4 Å². The minimum atomic E-state index is -0.483. The summed E-state index contributed by atoms with van der Waals surface area (Å²) in [6, 6.07) is 4.10. The molecule has 1 saturated carbocycles. The number of aliphatic hydroxyl groups excluding tert-OH is 1. The first-order chi connectivity index (χ1) is 9.43. The third-order valence-electron chi connectivity index (χ3n) is 3.89. The lowest BCUT2D eigenvalue weighted by molar-refractivity contribution is 0.154. The molecule has 0 spiro atoms. The second-order valence-electron chi connectivity index (χ2n) is 6.07. The van der Waals surface area contributed by atoms with Gasteiger partial charge < -0.3 is 15.7 Å². The number of urea groups is 1. The molecule has 1 aliphatic rings. The predicted octanol–water partition coefficient (Wildman–Crippen LogP) is 2.45. The van der Waals surface area contributed by atoms with Crippen molar-refractivity contribution < 1.29 is 9.90 Å². The second kappa shape index (κ2) is 6.14. The van der Waals surface area contributed by atoms with Crippen LogP contribution < -0.4 is 10.6 Å². The molecular formula is C15H24N2O2S. The molecule has 20 heavy (non-hydrogen) atoms. The Bertz CT molecular complexity index is 470. The Balaban J connectivity index is 1.81. The Labute approximate surface area is 124 Å². The molecule has 4 nitrogen and oxygen atoms in total. The predicted molar refractivity (Wildman–Crippen MR) is 82.1 cm³/mol. The van der Waals surface area contributed by atoms with Crippen LogP contribution in [0.15, 0.2) is 12.1 Å². The number of hydrogen-bond donors (Lipinski definition) is 3. The Kier molecular flexibility index (Phi) is 4.70. The molecule has 1 heterocycles. The van der Waals surface area contributed by atoms with Crippen LogP contribution in [0, 0.1) is 12.8 Å². The Morgan fingerprint density at radius 3 is 2.75 bits per heavy atom. The van der Waals surface area contributed by atoms with Gasteiger partial charge in [0.05, 0.1) is 12.1 Å². The lowest BCUT2D eigenvalue weighted by Crippen LogP contribution is -2.55. The zero-order chi connectivity index (χ0) is 14.8. The number of rotatable bonds is 6. The van der Waals surface area contributed by atoms with Crippen molar-refractivity contribution in [3.8, 4) is 0 Å². The van der Waals surface area contributed by atoms with E-state index in [1.54, 1.807) is 11.3 Å². The molecule has 1 aliphatic carbocycles. The van der Waals surface area contributed by atoms with Crippen molar-refractivity contribution in [2.75, 3.05) is 6.61 Å². The Morgan fingerprint density at radius 2 is 2.25 bits per heavy atom. The maximum Gasteiger partial charge on any atom is 0.315 e. The number of nitrogens with one attached hydrogen (secondary N) is 2. The van der Waals surface area contributed by atoms with Gasteiger partial charge >= 0.3 is 6.03 Å². The fraction of sp³-hybridized carbons (Fsp3) is 0.667. The smallest absolute Gasteiger partial charge is 0.315 e. The summed E-state index contributed by atoms with van der Waals surface area (Å²) in [7, 11) is 0. The van der Waals surface area contributed by atoms with Crippen molar-refractivity contribution in [2.45, 2.75) is 51.6 Å². The molecule has 0 bridgehead atoms. The van der Waals surface area contributed by atoms with E-state index in [1.165, 1.54) is 9.75 Å². The molecule has 2 amide bonds. The zero-order valence-electron chi connectivity index (χ0n) is 12.4. The van der Waals surface area contributed by atoms with E-state index in [2.05, 4.69) is 29.7 Å². The molecule has 2 atom stereocenters. The van der Waals surface area contributed by atoms with Crippen molar-refractivity contribution in [3.63, 3.8) is 0 Å². The van der Waals surface area contributed by atoms with Gasteiger partial charge in [0.25, 0.3) is 0 Å². The molecule has 0 aliphatic heterocycles. The summed E-state index contributed by atoms with van der Waals surface area (Å²) in [6.45, 7) is 5.99. The van der Waals surface area contributed by atoms with Gasteiger partial charge in [-0.15, -0.1) is 11.3 Å². The summed E-state index contributed by atoms with van der Waals surface area (Å²) >= 11 is 1.76. The van der Waals surface area contributed by atoms with E-state index < -0.39 is 5.54 Å². The van der Waals surface area contributed by atoms with E-state index in [4.69, 9.17) is 0 Å². The number of aliphatic hydroxyl groups is 1. The third kappa shape index (κ3) is 3.96. The minimum absolute atomic E-state index is 0.0103. The van der Waals surface area contributed by atoms with Gasteiger partial charge in [-0.25, -0.2) is 4.79 Å². The van der Waals surface area contributed by atoms with E-state index in [0.717, 1.165) is 19.3 Å². The summed E-state index contributed by atoms with van der Waals surface area (Å²) < 4.78 is 0. The van der Waals surface area contributed by atoms with Gasteiger partial charge in [-0.2, -0.15) is 0 Å². The first-order valence-electron chi connectivity index (χ1n) is 7.18. The molecule has 2 unspecified atom stereocenters. The standard InChI is InChI=1S/C15H24N2O2S/c1-10(8-13-7-4-11(2)20-13)16-14(19)17-15(3,9-18)12-5-6-12/h4,7,10,12,18H,5-6,8-9H2,1-3H3,(H2,16,17,19). The van der Waals surface area contributed by atoms with Crippen LogP contribution in [-0.4, -0.2) is 29.3 Å². The van der Waals surface area contributed by atoms with Gasteiger partial charge in [0, 0.05) is 22.2 Å². The Morgan fingerprint density at radius 1 is 1.55 bits per heavy atom. The summed E-state index contributed by atoms with van der Waals surface area (Å²) in [4.78, 5) is 14.6. The van der Waals surface area contributed by atoms with Crippen LogP contribution in [0.2, 0.25) is 0 Å². The summed E-state index contributed by atoms with van der Waals surface area (Å²) in [5, 5.41) is 15.4. The highest BCUT2D eigenvalue weighted by molar-refractivity contribution is 7.11. The number of aryl methyl sites for hydroxylation is 1. The van der Waals surface area contributed by atoms with E-state index in [1.807, 2.05) is 13.8 Å². The summed E-state index contributed by atoms with van der Waals surface area (Å²) in [6.07, 6.45) is 3.01. The van der Waals surface area contributed by atoms with Gasteiger partial charge in [-0.3, -0.25) is 0 Å². The average molecular weight is 296 g/mol. The van der Waals surface area contributed by atoms with Crippen LogP contribution in [0.3, 0.4) is 0 Å². The van der Waals surface area contributed by atoms with Crippen LogP contribution in [0.4, 0.5) is 4.79 Å². The van der Waals surface area contributed by atoms with Gasteiger partial charge in [-0.1, -0.05) is 0 Å². The van der Waals surface area contributed by atoms with Crippen LogP contribution >= 0.6 is 11.3 Å². The quantitative estimate of drug-likeness (QED) is 0.755. The van der Waals surface area contributed by atoms with Crippen molar-refractivity contribution >= 4 is 17.4 Å². The average Bonchev–Trinajstić information content (AvgIpc) is 3.14. The lowest BCUT2D eigenvalue weighted by atomic mass is 9.97. The van der Waals surface area contributed by atoms with Gasteiger partial charge in [-0.05, 0) is 51.7 Å². The number of amides is 2. The maximum absolute atomic E-state index is 12.0. The lowest BCUT2D eigenvalue weighted by Gasteiger charge is -2.29. The van der Waals surface area contributed by atoms with E-state index >= 15 is 0 Å². The van der Waals surface area contributed by atoms with Crippen molar-refractivity contribution in [3.05, 3.63) is 21.9 Å². The largest absolute Gasteiger partial charge is 0.394 e. The molecular weight excluding hydrogens is 272 g/mol. The number of thiophene rings is 1. The normalized spacial score (nSPS) is 19.2. The molecule has 1 aromatic rings. The number of carbonyl (C=O) groups is 1. The maximum atomic E-state index is 12.0. The molecule has 2 rings (SSSR count). The molecule has 3 N–H and O–H groups in total. The van der Waals surface area contributed by atoms with Crippen LogP contribution in [0.1, 0.15) is 36.4 Å². The second-order valence-corrected chi connectivity index (χ2v) is 7.44. The SMILES string of the molecule is Cc1ccc(CC(C)NC(=O)NC(C)(CO)C2CC2)s1. The first-order valence-corrected chi connectivity index (χ1v) is 7.99. The highest BCUT2D eigenvalue weighted by Crippen LogP contribution is 2.39. The fourth-order valence-corrected chi connectivity index (χ4v) is 3.48. The van der Waals surface area contributed by atoms with Crippen molar-refractivity contribution in [1.29, 1.82) is 0 Å². The van der Waals surface area contributed by atoms with Gasteiger partial charge in [0.2, 0.25) is 0 Å². The van der Waals surface area contributed by atoms with Gasteiger partial charge in [0.1, 0.15) is 0 Å². The van der Waals surface area contributed by atoms with E-state index in [-0.39, 0.29) is 18.7 Å². The first kappa shape index (κ1) is 15.3. The minimum Gasteiger partial charge on any atom is -0.394 e. The Hall–Kier alpha value is -1.07. The highest BCUT2D eigenvalue weighted by atomic mass is 32.1. The monoisotopic (exact) mass is 296 g/mol. The molecule has 1 aromatic heterocycles. The fourth-order valence-electron chi connectivity index (χ4n) is 2.46. The van der Waals surface area contributed by atoms with Crippen LogP contribution in [0.25, 0.3) is 0 Å². The molecule has 0 aromatic carbocycles. The summed E-state index contributed by atoms with van der Waals surface area (Å²) in [5.74, 6) is 0.411. The number of carbonyl (C=O) groups excluding carboxylic acids is 1.